The lowest BCUT2D eigenvalue weighted by molar-refractivity contribution is -0.143. The molecule has 0 saturated heterocycles. The van der Waals surface area contributed by atoms with E-state index in [0.29, 0.717) is 0 Å². The van der Waals surface area contributed by atoms with E-state index in [1.807, 2.05) is 0 Å². The van der Waals surface area contributed by atoms with Gasteiger partial charge in [0.1, 0.15) is 12.3 Å². The molecule has 1 rings (SSSR count). The van der Waals surface area contributed by atoms with Crippen LogP contribution in [0, 0.1) is 0 Å². The third-order valence-electron chi connectivity index (χ3n) is 3.14. The Bertz CT molecular complexity index is 632. The van der Waals surface area contributed by atoms with E-state index in [1.165, 1.54) is 20.8 Å². The van der Waals surface area contributed by atoms with Crippen LogP contribution in [0.1, 0.15) is 26.3 Å². The first-order valence-corrected chi connectivity index (χ1v) is 8.44. The van der Waals surface area contributed by atoms with Gasteiger partial charge in [-0.1, -0.05) is 30.3 Å². The lowest BCUT2D eigenvalue weighted by atomic mass is 10.2. The topological polar surface area (TPSA) is 91.8 Å². The normalized spacial score (nSPS) is 12.0. The Balaban J connectivity index is 2.93. The highest BCUT2D eigenvalue weighted by Crippen LogP contribution is 2.17. The summed E-state index contributed by atoms with van der Waals surface area (Å²) in [7, 11) is -3.65. The molecule has 1 amide bonds. The molecular formula is C15H21NO5S. The van der Waals surface area contributed by atoms with Gasteiger partial charge in [0, 0.05) is 6.54 Å². The van der Waals surface area contributed by atoms with Crippen LogP contribution in [0.15, 0.2) is 30.3 Å². The van der Waals surface area contributed by atoms with Crippen molar-refractivity contribution in [3.8, 4) is 0 Å². The molecule has 0 fully saturated rings. The summed E-state index contributed by atoms with van der Waals surface area (Å²) in [6.45, 7) is 4.05. The van der Waals surface area contributed by atoms with Crippen molar-refractivity contribution in [1.82, 2.24) is 4.90 Å². The van der Waals surface area contributed by atoms with Crippen molar-refractivity contribution >= 4 is 21.7 Å². The second-order valence-electron chi connectivity index (χ2n) is 6.00. The molecule has 0 bridgehead atoms. The zero-order valence-electron chi connectivity index (χ0n) is 12.9. The first-order chi connectivity index (χ1) is 10.0. The van der Waals surface area contributed by atoms with Gasteiger partial charge in [-0.15, -0.1) is 0 Å². The fourth-order valence-electron chi connectivity index (χ4n) is 1.67. The minimum Gasteiger partial charge on any atom is -0.480 e. The smallest absolute Gasteiger partial charge is 0.323 e. The number of aliphatic carboxylic acids is 1. The van der Waals surface area contributed by atoms with Gasteiger partial charge in [-0.3, -0.25) is 9.59 Å². The number of carboxylic acids is 1. The predicted octanol–water partition coefficient (Wildman–Crippen LogP) is 1.31. The van der Waals surface area contributed by atoms with Crippen molar-refractivity contribution in [2.45, 2.75) is 32.1 Å². The van der Waals surface area contributed by atoms with Crippen LogP contribution in [0.3, 0.4) is 0 Å². The third-order valence-corrected chi connectivity index (χ3v) is 5.63. The van der Waals surface area contributed by atoms with E-state index in [1.54, 1.807) is 30.3 Å². The Hall–Kier alpha value is -1.89. The van der Waals surface area contributed by atoms with Crippen molar-refractivity contribution in [2.24, 2.45) is 0 Å². The molecule has 0 aliphatic rings. The van der Waals surface area contributed by atoms with Gasteiger partial charge in [0.2, 0.25) is 5.91 Å². The summed E-state index contributed by atoms with van der Waals surface area (Å²) in [5.74, 6) is -2.59. The van der Waals surface area contributed by atoms with Crippen molar-refractivity contribution in [3.63, 3.8) is 0 Å². The molecule has 0 saturated carbocycles. The molecule has 0 heterocycles. The maximum absolute atomic E-state index is 12.2. The van der Waals surface area contributed by atoms with Crippen LogP contribution >= 0.6 is 0 Å². The number of hydrogen-bond donors (Lipinski definition) is 1. The second-order valence-corrected chi connectivity index (χ2v) is 8.74. The van der Waals surface area contributed by atoms with E-state index >= 15 is 0 Å². The molecule has 22 heavy (non-hydrogen) atoms. The van der Waals surface area contributed by atoms with Crippen molar-refractivity contribution in [1.29, 1.82) is 0 Å². The van der Waals surface area contributed by atoms with Crippen LogP contribution in [0.2, 0.25) is 0 Å². The molecule has 122 valence electrons. The summed E-state index contributed by atoms with van der Waals surface area (Å²) < 4.78 is 23.2. The van der Waals surface area contributed by atoms with Gasteiger partial charge in [-0.25, -0.2) is 8.42 Å². The molecule has 0 spiro atoms. The third kappa shape index (κ3) is 5.14. The largest absolute Gasteiger partial charge is 0.480 e. The summed E-state index contributed by atoms with van der Waals surface area (Å²) >= 11 is 0. The lowest BCUT2D eigenvalue weighted by Gasteiger charge is -2.24. The average Bonchev–Trinajstić information content (AvgIpc) is 2.36. The van der Waals surface area contributed by atoms with E-state index in [2.05, 4.69) is 0 Å². The number of hydrogen-bond acceptors (Lipinski definition) is 4. The average molecular weight is 327 g/mol. The van der Waals surface area contributed by atoms with Gasteiger partial charge in [0.05, 0.1) is 4.75 Å². The molecule has 6 nitrogen and oxygen atoms in total. The SMILES string of the molecule is CC(C)(C)S(=O)(=O)CC(=O)N(CC(=O)O)Cc1ccccc1. The molecular weight excluding hydrogens is 306 g/mol. The molecule has 7 heteroatoms. The zero-order valence-corrected chi connectivity index (χ0v) is 13.8. The van der Waals surface area contributed by atoms with Crippen molar-refractivity contribution in [2.75, 3.05) is 12.3 Å². The van der Waals surface area contributed by atoms with Crippen LogP contribution in [0.5, 0.6) is 0 Å². The Kier molecular flexibility index (Phi) is 5.71. The quantitative estimate of drug-likeness (QED) is 0.850. The number of carboxylic acid groups (broad SMARTS) is 1. The fraction of sp³-hybridized carbons (Fsp3) is 0.467. The number of carbonyl (C=O) groups excluding carboxylic acids is 1. The number of sulfone groups is 1. The molecule has 1 N–H and O–H groups in total. The summed E-state index contributed by atoms with van der Waals surface area (Å²) in [6, 6.07) is 8.84. The summed E-state index contributed by atoms with van der Waals surface area (Å²) in [5.41, 5.74) is 0.741. The second kappa shape index (κ2) is 6.91. The maximum atomic E-state index is 12.2. The highest BCUT2D eigenvalue weighted by Gasteiger charge is 2.33. The molecule has 0 radical (unpaired) electrons. The number of nitrogens with zero attached hydrogens (tertiary/aromatic N) is 1. The molecule has 1 aromatic carbocycles. The monoisotopic (exact) mass is 327 g/mol. The Labute approximate surface area is 130 Å². The zero-order chi connectivity index (χ0) is 17.0. The van der Waals surface area contributed by atoms with Crippen molar-refractivity contribution < 1.29 is 23.1 Å². The van der Waals surface area contributed by atoms with Gasteiger partial charge >= 0.3 is 5.97 Å². The van der Waals surface area contributed by atoms with Crippen LogP contribution in [0.4, 0.5) is 0 Å². The highest BCUT2D eigenvalue weighted by atomic mass is 32.2. The predicted molar refractivity (Wildman–Crippen MR) is 83.0 cm³/mol. The number of benzene rings is 1. The van der Waals surface area contributed by atoms with Gasteiger partial charge in [0.15, 0.2) is 9.84 Å². The standard InChI is InChI=1S/C15H21NO5S/c1-15(2,3)22(20,21)11-13(17)16(10-14(18)19)9-12-7-5-4-6-8-12/h4-8H,9-11H2,1-3H3,(H,18,19). The summed E-state index contributed by atoms with van der Waals surface area (Å²) in [6.07, 6.45) is 0. The number of amides is 1. The van der Waals surface area contributed by atoms with E-state index < -0.39 is 38.8 Å². The van der Waals surface area contributed by atoms with Gasteiger partial charge < -0.3 is 10.0 Å². The molecule has 0 aromatic heterocycles. The first kappa shape index (κ1) is 18.2. The molecule has 0 aliphatic carbocycles. The molecule has 0 atom stereocenters. The van der Waals surface area contributed by atoms with E-state index in [9.17, 15) is 18.0 Å². The Morgan fingerprint density at radius 3 is 2.14 bits per heavy atom. The first-order valence-electron chi connectivity index (χ1n) is 6.79. The molecule has 1 aromatic rings. The summed E-state index contributed by atoms with van der Waals surface area (Å²) in [5, 5.41) is 8.93. The van der Waals surface area contributed by atoms with E-state index in [0.717, 1.165) is 10.5 Å². The van der Waals surface area contributed by atoms with Crippen LogP contribution in [-0.2, 0) is 26.0 Å². The minimum absolute atomic E-state index is 0.0611. The van der Waals surface area contributed by atoms with E-state index in [-0.39, 0.29) is 6.54 Å². The number of carbonyl (C=O) groups is 2. The van der Waals surface area contributed by atoms with Gasteiger partial charge in [-0.2, -0.15) is 0 Å². The van der Waals surface area contributed by atoms with Crippen LogP contribution in [-0.4, -0.2) is 47.3 Å². The van der Waals surface area contributed by atoms with Crippen LogP contribution < -0.4 is 0 Å². The Morgan fingerprint density at radius 1 is 1.14 bits per heavy atom. The molecule has 0 aliphatic heterocycles. The lowest BCUT2D eigenvalue weighted by Crippen LogP contribution is -2.42. The van der Waals surface area contributed by atoms with Crippen molar-refractivity contribution in [3.05, 3.63) is 35.9 Å². The Morgan fingerprint density at radius 2 is 1.68 bits per heavy atom. The highest BCUT2D eigenvalue weighted by molar-refractivity contribution is 7.93. The fourth-order valence-corrected chi connectivity index (χ4v) is 2.61. The minimum atomic E-state index is -3.65. The number of rotatable bonds is 6. The van der Waals surface area contributed by atoms with E-state index in [4.69, 9.17) is 5.11 Å². The maximum Gasteiger partial charge on any atom is 0.323 e. The van der Waals surface area contributed by atoms with Crippen LogP contribution in [0.25, 0.3) is 0 Å². The van der Waals surface area contributed by atoms with Gasteiger partial charge in [-0.05, 0) is 26.3 Å². The molecule has 0 unspecified atom stereocenters. The summed E-state index contributed by atoms with van der Waals surface area (Å²) in [4.78, 5) is 24.2. The van der Waals surface area contributed by atoms with Gasteiger partial charge in [0.25, 0.3) is 0 Å².